The van der Waals surface area contributed by atoms with Gasteiger partial charge >= 0.3 is 6.09 Å². The summed E-state index contributed by atoms with van der Waals surface area (Å²) in [7, 11) is 0. The first kappa shape index (κ1) is 14.3. The third-order valence-corrected chi connectivity index (χ3v) is 4.08. The highest BCUT2D eigenvalue weighted by Crippen LogP contribution is 2.24. The molecule has 3 heterocycles. The summed E-state index contributed by atoms with van der Waals surface area (Å²) >= 11 is 0. The van der Waals surface area contributed by atoms with Crippen molar-refractivity contribution in [2.75, 3.05) is 19.6 Å². The Morgan fingerprint density at radius 2 is 2.10 bits per heavy atom. The predicted molar refractivity (Wildman–Crippen MR) is 79.9 cm³/mol. The van der Waals surface area contributed by atoms with Crippen molar-refractivity contribution in [3.8, 4) is 0 Å². The molecule has 114 valence electrons. The van der Waals surface area contributed by atoms with Gasteiger partial charge in [-0.3, -0.25) is 9.88 Å². The molecule has 0 spiro atoms. The average molecular weight is 289 g/mol. The Kier molecular flexibility index (Phi) is 3.61. The number of aromatic nitrogens is 1. The van der Waals surface area contributed by atoms with Gasteiger partial charge in [0.1, 0.15) is 5.60 Å². The SMILES string of the molecule is CC(C)(C)OC(=O)N1CC(N2CCc3ccncc3C2)C1. The van der Waals surface area contributed by atoms with E-state index in [1.807, 2.05) is 33.2 Å². The highest BCUT2D eigenvalue weighted by Gasteiger charge is 2.37. The molecule has 2 aliphatic heterocycles. The summed E-state index contributed by atoms with van der Waals surface area (Å²) in [4.78, 5) is 20.4. The van der Waals surface area contributed by atoms with Crippen LogP contribution in [0.25, 0.3) is 0 Å². The number of fused-ring (bicyclic) bond motifs is 1. The molecule has 2 aliphatic rings. The van der Waals surface area contributed by atoms with Crippen LogP contribution in [0.4, 0.5) is 4.79 Å². The highest BCUT2D eigenvalue weighted by molar-refractivity contribution is 5.69. The van der Waals surface area contributed by atoms with E-state index < -0.39 is 5.60 Å². The van der Waals surface area contributed by atoms with Gasteiger partial charge in [-0.05, 0) is 44.4 Å². The summed E-state index contributed by atoms with van der Waals surface area (Å²) in [6, 6.07) is 2.56. The molecule has 1 fully saturated rings. The Hall–Kier alpha value is -1.62. The van der Waals surface area contributed by atoms with Crippen LogP contribution >= 0.6 is 0 Å². The van der Waals surface area contributed by atoms with Crippen molar-refractivity contribution in [3.63, 3.8) is 0 Å². The standard InChI is InChI=1S/C16H23N3O2/c1-16(2,3)21-15(20)19-10-14(11-19)18-7-5-12-4-6-17-8-13(12)9-18/h4,6,8,14H,5,7,9-11H2,1-3H3. The highest BCUT2D eigenvalue weighted by atomic mass is 16.6. The number of pyridine rings is 1. The molecule has 0 N–H and O–H groups in total. The van der Waals surface area contributed by atoms with Crippen LogP contribution in [-0.4, -0.2) is 52.2 Å². The molecule has 0 unspecified atom stereocenters. The van der Waals surface area contributed by atoms with E-state index in [4.69, 9.17) is 4.74 Å². The van der Waals surface area contributed by atoms with Crippen molar-refractivity contribution in [2.45, 2.75) is 45.4 Å². The van der Waals surface area contributed by atoms with Crippen LogP contribution in [-0.2, 0) is 17.7 Å². The number of carbonyl (C=O) groups excluding carboxylic acids is 1. The van der Waals surface area contributed by atoms with E-state index in [0.717, 1.165) is 32.6 Å². The minimum atomic E-state index is -0.419. The van der Waals surface area contributed by atoms with Gasteiger partial charge in [0, 0.05) is 44.6 Å². The number of nitrogens with zero attached hydrogens (tertiary/aromatic N) is 3. The molecular formula is C16H23N3O2. The Morgan fingerprint density at radius 3 is 2.81 bits per heavy atom. The zero-order chi connectivity index (χ0) is 15.0. The second-order valence-electron chi connectivity index (χ2n) is 6.90. The van der Waals surface area contributed by atoms with Crippen LogP contribution in [0.5, 0.6) is 0 Å². The van der Waals surface area contributed by atoms with Crippen molar-refractivity contribution in [2.24, 2.45) is 0 Å². The van der Waals surface area contributed by atoms with Crippen molar-refractivity contribution >= 4 is 6.09 Å². The Bertz CT molecular complexity index is 533. The van der Waals surface area contributed by atoms with Crippen LogP contribution < -0.4 is 0 Å². The maximum absolute atomic E-state index is 11.9. The van der Waals surface area contributed by atoms with Crippen molar-refractivity contribution in [3.05, 3.63) is 29.6 Å². The minimum absolute atomic E-state index is 0.196. The van der Waals surface area contributed by atoms with Gasteiger partial charge in [0.15, 0.2) is 0 Å². The summed E-state index contributed by atoms with van der Waals surface area (Å²) in [6.07, 6.45) is 4.70. The lowest BCUT2D eigenvalue weighted by Gasteiger charge is -2.46. The fourth-order valence-electron chi connectivity index (χ4n) is 2.88. The molecular weight excluding hydrogens is 266 g/mol. The van der Waals surface area contributed by atoms with Gasteiger partial charge in [-0.25, -0.2) is 4.79 Å². The number of likely N-dealkylation sites (tertiary alicyclic amines) is 1. The third-order valence-electron chi connectivity index (χ3n) is 4.08. The fourth-order valence-corrected chi connectivity index (χ4v) is 2.88. The van der Waals surface area contributed by atoms with E-state index in [1.54, 1.807) is 4.90 Å². The molecule has 3 rings (SSSR count). The van der Waals surface area contributed by atoms with Gasteiger partial charge in [0.25, 0.3) is 0 Å². The van der Waals surface area contributed by atoms with E-state index in [0.29, 0.717) is 6.04 Å². The van der Waals surface area contributed by atoms with Crippen molar-refractivity contribution in [1.29, 1.82) is 0 Å². The first-order chi connectivity index (χ1) is 9.92. The quantitative estimate of drug-likeness (QED) is 0.794. The summed E-state index contributed by atoms with van der Waals surface area (Å²) in [5.41, 5.74) is 2.31. The van der Waals surface area contributed by atoms with E-state index in [1.165, 1.54) is 11.1 Å². The zero-order valence-corrected chi connectivity index (χ0v) is 13.0. The average Bonchev–Trinajstić information content (AvgIpc) is 2.34. The second-order valence-corrected chi connectivity index (χ2v) is 6.90. The summed E-state index contributed by atoms with van der Waals surface area (Å²) in [5, 5.41) is 0. The van der Waals surface area contributed by atoms with Crippen molar-refractivity contribution < 1.29 is 9.53 Å². The number of carbonyl (C=O) groups is 1. The molecule has 0 aliphatic carbocycles. The lowest BCUT2D eigenvalue weighted by Crippen LogP contribution is -2.62. The summed E-state index contributed by atoms with van der Waals surface area (Å²) < 4.78 is 5.39. The summed E-state index contributed by atoms with van der Waals surface area (Å²) in [6.45, 7) is 9.24. The number of rotatable bonds is 1. The lowest BCUT2D eigenvalue weighted by molar-refractivity contribution is -0.0180. The molecule has 1 saturated heterocycles. The maximum atomic E-state index is 11.9. The molecule has 1 aromatic heterocycles. The number of hydrogen-bond donors (Lipinski definition) is 0. The monoisotopic (exact) mass is 289 g/mol. The van der Waals surface area contributed by atoms with Crippen LogP contribution in [0.1, 0.15) is 31.9 Å². The minimum Gasteiger partial charge on any atom is -0.444 e. The van der Waals surface area contributed by atoms with Gasteiger partial charge in [0.2, 0.25) is 0 Å². The topological polar surface area (TPSA) is 45.7 Å². The smallest absolute Gasteiger partial charge is 0.410 e. The molecule has 1 aromatic rings. The van der Waals surface area contributed by atoms with E-state index in [9.17, 15) is 4.79 Å². The Morgan fingerprint density at radius 1 is 1.33 bits per heavy atom. The molecule has 0 saturated carbocycles. The molecule has 0 atom stereocenters. The first-order valence-corrected chi connectivity index (χ1v) is 7.56. The first-order valence-electron chi connectivity index (χ1n) is 7.56. The molecule has 0 bridgehead atoms. The van der Waals surface area contributed by atoms with Crippen LogP contribution in [0.15, 0.2) is 18.5 Å². The predicted octanol–water partition coefficient (Wildman–Crippen LogP) is 2.06. The second kappa shape index (κ2) is 5.30. The van der Waals surface area contributed by atoms with E-state index in [2.05, 4.69) is 16.0 Å². The molecule has 5 nitrogen and oxygen atoms in total. The van der Waals surface area contributed by atoms with Crippen LogP contribution in [0, 0.1) is 0 Å². The summed E-state index contributed by atoms with van der Waals surface area (Å²) in [5.74, 6) is 0. The van der Waals surface area contributed by atoms with Gasteiger partial charge in [-0.15, -0.1) is 0 Å². The van der Waals surface area contributed by atoms with Crippen LogP contribution in [0.2, 0.25) is 0 Å². The van der Waals surface area contributed by atoms with Crippen LogP contribution in [0.3, 0.4) is 0 Å². The molecule has 0 aromatic carbocycles. The normalized spacial score (nSPS) is 19.9. The van der Waals surface area contributed by atoms with Gasteiger partial charge in [0.05, 0.1) is 0 Å². The molecule has 21 heavy (non-hydrogen) atoms. The number of amides is 1. The third kappa shape index (κ3) is 3.18. The Labute approximate surface area is 125 Å². The molecule has 0 radical (unpaired) electrons. The van der Waals surface area contributed by atoms with Gasteiger partial charge in [-0.2, -0.15) is 0 Å². The number of ether oxygens (including phenoxy) is 1. The zero-order valence-electron chi connectivity index (χ0n) is 13.0. The molecule has 5 heteroatoms. The van der Waals surface area contributed by atoms with Gasteiger partial charge < -0.3 is 9.64 Å². The van der Waals surface area contributed by atoms with Gasteiger partial charge in [-0.1, -0.05) is 0 Å². The van der Waals surface area contributed by atoms with E-state index in [-0.39, 0.29) is 6.09 Å². The molecule has 1 amide bonds. The van der Waals surface area contributed by atoms with Crippen molar-refractivity contribution in [1.82, 2.24) is 14.8 Å². The fraction of sp³-hybridized carbons (Fsp3) is 0.625. The maximum Gasteiger partial charge on any atom is 0.410 e. The van der Waals surface area contributed by atoms with E-state index >= 15 is 0 Å². The largest absolute Gasteiger partial charge is 0.444 e. The lowest BCUT2D eigenvalue weighted by atomic mass is 9.98. The number of hydrogen-bond acceptors (Lipinski definition) is 4. The Balaban J connectivity index is 1.52.